The van der Waals surface area contributed by atoms with E-state index in [0.29, 0.717) is 0 Å². The largest absolute Gasteiger partial charge is 0.746 e. The van der Waals surface area contributed by atoms with E-state index in [4.69, 9.17) is 13.3 Å². The van der Waals surface area contributed by atoms with Crippen LogP contribution in [0.4, 0.5) is 17.6 Å². The molecule has 0 spiro atoms. The number of rotatable bonds is 7. The molecular weight excluding hydrogens is 380 g/mol. The van der Waals surface area contributed by atoms with Gasteiger partial charge in [-0.2, -0.15) is 0 Å². The molecule has 6 nitrogen and oxygen atoms in total. The molecule has 0 aliphatic heterocycles. The molecule has 0 saturated carbocycles. The molecule has 0 radical (unpaired) electrons. The number of benzene rings is 1. The standard InChI is InChI=1S/C15H16F4O6Si/c1-4-10(20)23-26(24-11(21)5-2,25-12(22)6-3)9-7-8(16)13(17)15(19)14(9)18/h7H,4-6H2,1-3H3. The van der Waals surface area contributed by atoms with Crippen molar-refractivity contribution >= 4 is 31.9 Å². The Kier molecular flexibility index (Phi) is 7.30. The molecule has 0 fully saturated rings. The van der Waals surface area contributed by atoms with Crippen LogP contribution in [0.1, 0.15) is 40.0 Å². The maximum atomic E-state index is 14.3. The van der Waals surface area contributed by atoms with Gasteiger partial charge in [0, 0.05) is 19.3 Å². The molecule has 0 N–H and O–H groups in total. The maximum Gasteiger partial charge on any atom is 0.746 e. The quantitative estimate of drug-likeness (QED) is 0.304. The molecule has 1 aromatic carbocycles. The van der Waals surface area contributed by atoms with E-state index in [-0.39, 0.29) is 25.3 Å². The Morgan fingerprint density at radius 2 is 1.15 bits per heavy atom. The Morgan fingerprint density at radius 1 is 0.769 bits per heavy atom. The van der Waals surface area contributed by atoms with E-state index >= 15 is 0 Å². The van der Waals surface area contributed by atoms with Gasteiger partial charge >= 0.3 is 8.80 Å². The lowest BCUT2D eigenvalue weighted by atomic mass is 10.3. The second-order valence-electron chi connectivity index (χ2n) is 4.89. The Balaban J connectivity index is 3.71. The molecule has 0 aliphatic rings. The van der Waals surface area contributed by atoms with Gasteiger partial charge in [0.15, 0.2) is 23.3 Å². The van der Waals surface area contributed by atoms with Gasteiger partial charge in [0.2, 0.25) is 0 Å². The van der Waals surface area contributed by atoms with Crippen LogP contribution in [-0.4, -0.2) is 26.7 Å². The number of halogens is 4. The average Bonchev–Trinajstić information content (AvgIpc) is 2.62. The van der Waals surface area contributed by atoms with Crippen LogP contribution in [0.3, 0.4) is 0 Å². The highest BCUT2D eigenvalue weighted by Crippen LogP contribution is 2.21. The van der Waals surface area contributed by atoms with E-state index < -0.39 is 55.2 Å². The van der Waals surface area contributed by atoms with Crippen molar-refractivity contribution in [1.29, 1.82) is 0 Å². The summed E-state index contributed by atoms with van der Waals surface area (Å²) in [6.07, 6.45) is -0.929. The maximum absolute atomic E-state index is 14.3. The number of hydrogen-bond acceptors (Lipinski definition) is 6. The normalized spacial score (nSPS) is 11.0. The molecule has 1 aromatic rings. The number of hydrogen-bond donors (Lipinski definition) is 0. The summed E-state index contributed by atoms with van der Waals surface area (Å²) in [5.41, 5.74) is 0. The third-order valence-electron chi connectivity index (χ3n) is 3.04. The first-order valence-electron chi connectivity index (χ1n) is 7.60. The van der Waals surface area contributed by atoms with Gasteiger partial charge in [-0.1, -0.05) is 20.8 Å². The SMILES string of the molecule is CCC(=O)O[Si](OC(=O)CC)(OC(=O)CC)c1cc(F)c(F)c(F)c1F. The van der Waals surface area contributed by atoms with Crippen molar-refractivity contribution < 1.29 is 45.2 Å². The Labute approximate surface area is 147 Å². The van der Waals surface area contributed by atoms with Gasteiger partial charge in [0.05, 0.1) is 0 Å². The fourth-order valence-corrected chi connectivity index (χ4v) is 4.16. The van der Waals surface area contributed by atoms with Crippen LogP contribution in [0.5, 0.6) is 0 Å². The molecule has 0 aromatic heterocycles. The minimum absolute atomic E-state index is 0.134. The second-order valence-corrected chi connectivity index (χ2v) is 7.15. The molecule has 0 heterocycles. The topological polar surface area (TPSA) is 78.9 Å². The van der Waals surface area contributed by atoms with Crippen molar-refractivity contribution in [1.82, 2.24) is 0 Å². The molecule has 0 amide bonds. The van der Waals surface area contributed by atoms with Gasteiger partial charge in [-0.3, -0.25) is 14.4 Å². The van der Waals surface area contributed by atoms with Gasteiger partial charge in [0.1, 0.15) is 5.19 Å². The highest BCUT2D eigenvalue weighted by molar-refractivity contribution is 6.79. The van der Waals surface area contributed by atoms with Gasteiger partial charge in [-0.05, 0) is 6.07 Å². The lowest BCUT2D eigenvalue weighted by Crippen LogP contribution is -2.61. The Morgan fingerprint density at radius 3 is 1.50 bits per heavy atom. The summed E-state index contributed by atoms with van der Waals surface area (Å²) in [4.78, 5) is 35.2. The van der Waals surface area contributed by atoms with Crippen LogP contribution < -0.4 is 5.19 Å². The molecule has 26 heavy (non-hydrogen) atoms. The Hall–Kier alpha value is -2.43. The zero-order valence-electron chi connectivity index (χ0n) is 14.2. The first-order chi connectivity index (χ1) is 12.1. The summed E-state index contributed by atoms with van der Waals surface area (Å²) in [6, 6.07) is 0.134. The molecular formula is C15H16F4O6Si. The fourth-order valence-electron chi connectivity index (χ4n) is 1.69. The van der Waals surface area contributed by atoms with Crippen molar-refractivity contribution in [3.63, 3.8) is 0 Å². The molecule has 1 rings (SSSR count). The minimum Gasteiger partial charge on any atom is -0.452 e. The molecule has 0 aliphatic carbocycles. The van der Waals surface area contributed by atoms with Crippen LogP contribution >= 0.6 is 0 Å². The molecule has 144 valence electrons. The minimum atomic E-state index is -5.12. The zero-order valence-corrected chi connectivity index (χ0v) is 15.2. The highest BCUT2D eigenvalue weighted by Gasteiger charge is 2.58. The summed E-state index contributed by atoms with van der Waals surface area (Å²) < 4.78 is 69.4. The lowest BCUT2D eigenvalue weighted by Gasteiger charge is -2.27. The first-order valence-corrected chi connectivity index (χ1v) is 9.33. The van der Waals surface area contributed by atoms with E-state index in [1.165, 1.54) is 20.8 Å². The van der Waals surface area contributed by atoms with Crippen LogP contribution in [0.25, 0.3) is 0 Å². The van der Waals surface area contributed by atoms with Crippen molar-refractivity contribution in [3.8, 4) is 0 Å². The summed E-state index contributed by atoms with van der Waals surface area (Å²) in [5, 5.41) is -1.18. The van der Waals surface area contributed by atoms with Crippen molar-refractivity contribution in [2.24, 2.45) is 0 Å². The third kappa shape index (κ3) is 4.59. The lowest BCUT2D eigenvalue weighted by molar-refractivity contribution is -0.149. The second kappa shape index (κ2) is 8.78. The van der Waals surface area contributed by atoms with E-state index in [1.807, 2.05) is 0 Å². The predicted molar refractivity (Wildman–Crippen MR) is 80.8 cm³/mol. The van der Waals surface area contributed by atoms with Crippen LogP contribution in [0, 0.1) is 23.3 Å². The molecule has 0 unspecified atom stereocenters. The number of carbonyl (C=O) groups is 3. The van der Waals surface area contributed by atoms with Gasteiger partial charge in [-0.25, -0.2) is 17.6 Å². The van der Waals surface area contributed by atoms with Crippen LogP contribution in [0.15, 0.2) is 6.07 Å². The smallest absolute Gasteiger partial charge is 0.452 e. The molecule has 11 heteroatoms. The van der Waals surface area contributed by atoms with E-state index in [9.17, 15) is 31.9 Å². The van der Waals surface area contributed by atoms with Gasteiger partial charge in [-0.15, -0.1) is 0 Å². The Bertz CT molecular complexity index is 679. The molecule has 0 atom stereocenters. The average molecular weight is 396 g/mol. The van der Waals surface area contributed by atoms with Crippen LogP contribution in [-0.2, 0) is 27.7 Å². The molecule has 0 saturated heterocycles. The zero-order chi connectivity index (χ0) is 20.1. The summed E-state index contributed by atoms with van der Waals surface area (Å²) in [6.45, 7) is 3.98. The highest BCUT2D eigenvalue weighted by atomic mass is 28.4. The first kappa shape index (κ1) is 21.6. The summed E-state index contributed by atoms with van der Waals surface area (Å²) in [7, 11) is -5.12. The predicted octanol–water partition coefficient (Wildman–Crippen LogP) is 2.25. The van der Waals surface area contributed by atoms with E-state index in [0.717, 1.165) is 0 Å². The third-order valence-corrected chi connectivity index (χ3v) is 5.56. The summed E-state index contributed by atoms with van der Waals surface area (Å²) >= 11 is 0. The monoisotopic (exact) mass is 396 g/mol. The summed E-state index contributed by atoms with van der Waals surface area (Å²) in [5.74, 6) is -11.5. The van der Waals surface area contributed by atoms with E-state index in [1.54, 1.807) is 0 Å². The number of carbonyl (C=O) groups excluding carboxylic acids is 3. The van der Waals surface area contributed by atoms with Gasteiger partial charge < -0.3 is 13.3 Å². The van der Waals surface area contributed by atoms with Crippen molar-refractivity contribution in [3.05, 3.63) is 29.3 Å². The van der Waals surface area contributed by atoms with Crippen molar-refractivity contribution in [2.45, 2.75) is 40.0 Å². The molecule has 0 bridgehead atoms. The van der Waals surface area contributed by atoms with Crippen LogP contribution in [0.2, 0.25) is 0 Å². The van der Waals surface area contributed by atoms with Crippen molar-refractivity contribution in [2.75, 3.05) is 0 Å². The fraction of sp³-hybridized carbons (Fsp3) is 0.400. The van der Waals surface area contributed by atoms with Gasteiger partial charge in [0.25, 0.3) is 17.9 Å². The van der Waals surface area contributed by atoms with E-state index in [2.05, 4.69) is 0 Å².